The first-order valence-electron chi connectivity index (χ1n) is 3.59. The van der Waals surface area contributed by atoms with E-state index in [2.05, 4.69) is 23.2 Å². The molecule has 0 atom stereocenters. The molecule has 1 aliphatic rings. The van der Waals surface area contributed by atoms with E-state index in [1.807, 2.05) is 24.8 Å². The van der Waals surface area contributed by atoms with Crippen molar-refractivity contribution >= 4 is 12.3 Å². The fourth-order valence-corrected chi connectivity index (χ4v) is 1.10. The molecule has 0 saturated heterocycles. The fourth-order valence-electron chi connectivity index (χ4n) is 1.10. The van der Waals surface area contributed by atoms with Crippen LogP contribution in [0.3, 0.4) is 0 Å². The Bertz CT molecular complexity index is 310. The van der Waals surface area contributed by atoms with Crippen LogP contribution in [-0.4, -0.2) is 6.21 Å². The maximum Gasteiger partial charge on any atom is 0.102 e. The summed E-state index contributed by atoms with van der Waals surface area (Å²) in [6.07, 6.45) is 5.80. The molecule has 0 aliphatic carbocycles. The summed E-state index contributed by atoms with van der Waals surface area (Å²) >= 11 is 0. The Morgan fingerprint density at radius 1 is 1.00 bits per heavy atom. The van der Waals surface area contributed by atoms with Gasteiger partial charge in [0.05, 0.1) is 0 Å². The number of benzene rings is 1. The molecular formula is C10H8N. The summed E-state index contributed by atoms with van der Waals surface area (Å²) in [6, 6.07) is 8.19. The van der Waals surface area contributed by atoms with Crippen molar-refractivity contribution in [3.8, 4) is 0 Å². The predicted octanol–water partition coefficient (Wildman–Crippen LogP) is 2.29. The van der Waals surface area contributed by atoms with Crippen molar-refractivity contribution in [2.24, 2.45) is 4.99 Å². The van der Waals surface area contributed by atoms with Crippen molar-refractivity contribution in [3.05, 3.63) is 48.0 Å². The van der Waals surface area contributed by atoms with E-state index < -0.39 is 0 Å². The number of allylic oxidation sites excluding steroid dienone is 1. The summed E-state index contributed by atoms with van der Waals surface area (Å²) in [4.78, 5) is 4.08. The molecule has 1 heterocycles. The molecular weight excluding hydrogens is 134 g/mol. The van der Waals surface area contributed by atoms with Gasteiger partial charge in [-0.2, -0.15) is 0 Å². The van der Waals surface area contributed by atoms with Crippen LogP contribution in [0.1, 0.15) is 11.1 Å². The van der Waals surface area contributed by atoms with Crippen LogP contribution in [0.4, 0.5) is 0 Å². The highest BCUT2D eigenvalue weighted by atomic mass is 14.7. The second kappa shape index (κ2) is 2.70. The monoisotopic (exact) mass is 142 g/mol. The lowest BCUT2D eigenvalue weighted by atomic mass is 10.1. The molecule has 1 aliphatic heterocycles. The van der Waals surface area contributed by atoms with Crippen molar-refractivity contribution < 1.29 is 0 Å². The van der Waals surface area contributed by atoms with E-state index in [-0.39, 0.29) is 0 Å². The molecule has 1 aromatic carbocycles. The minimum atomic E-state index is 1.18. The molecule has 1 nitrogen and oxygen atoms in total. The third-order valence-electron chi connectivity index (χ3n) is 1.66. The molecule has 11 heavy (non-hydrogen) atoms. The maximum atomic E-state index is 4.08. The van der Waals surface area contributed by atoms with Gasteiger partial charge in [0.2, 0.25) is 0 Å². The molecule has 0 amide bonds. The highest BCUT2D eigenvalue weighted by Gasteiger charge is 1.98. The van der Waals surface area contributed by atoms with Crippen LogP contribution in [0.15, 0.2) is 35.3 Å². The van der Waals surface area contributed by atoms with Gasteiger partial charge in [0.1, 0.15) is 6.54 Å². The Hall–Kier alpha value is -1.37. The lowest BCUT2D eigenvalue weighted by Gasteiger charge is -1.98. The molecule has 0 unspecified atom stereocenters. The molecule has 0 N–H and O–H groups in total. The van der Waals surface area contributed by atoms with Gasteiger partial charge in [0.15, 0.2) is 0 Å². The Morgan fingerprint density at radius 3 is 2.73 bits per heavy atom. The Kier molecular flexibility index (Phi) is 1.56. The fraction of sp³-hybridized carbons (Fsp3) is 0. The van der Waals surface area contributed by atoms with Crippen LogP contribution in [0, 0.1) is 6.54 Å². The molecule has 1 radical (unpaired) electrons. The summed E-state index contributed by atoms with van der Waals surface area (Å²) in [5, 5.41) is 0. The van der Waals surface area contributed by atoms with Crippen LogP contribution < -0.4 is 0 Å². The highest BCUT2D eigenvalue weighted by Crippen LogP contribution is 2.14. The number of rotatable bonds is 0. The first-order chi connectivity index (χ1) is 5.47. The van der Waals surface area contributed by atoms with Crippen LogP contribution in [-0.2, 0) is 0 Å². The van der Waals surface area contributed by atoms with Gasteiger partial charge >= 0.3 is 0 Å². The molecule has 0 fully saturated rings. The lowest BCUT2D eigenvalue weighted by Crippen LogP contribution is -1.81. The standard InChI is InChI=1S/C10H8N/c1-2-5-10-8-11-7-3-6-9(10)4-1/h1-8H. The third-order valence-corrected chi connectivity index (χ3v) is 1.66. The molecule has 0 aromatic heterocycles. The van der Waals surface area contributed by atoms with Gasteiger partial charge in [0.25, 0.3) is 0 Å². The largest absolute Gasteiger partial charge is 0.282 e. The van der Waals surface area contributed by atoms with Crippen LogP contribution in [0.25, 0.3) is 6.08 Å². The molecule has 1 aromatic rings. The molecule has 53 valence electrons. The van der Waals surface area contributed by atoms with Crippen molar-refractivity contribution in [2.45, 2.75) is 0 Å². The summed E-state index contributed by atoms with van der Waals surface area (Å²) in [5.74, 6) is 0. The van der Waals surface area contributed by atoms with Crippen LogP contribution in [0.2, 0.25) is 0 Å². The van der Waals surface area contributed by atoms with Gasteiger partial charge in [-0.15, -0.1) is 0 Å². The number of hydrogen-bond acceptors (Lipinski definition) is 1. The topological polar surface area (TPSA) is 12.4 Å². The first kappa shape index (κ1) is 6.35. The van der Waals surface area contributed by atoms with E-state index in [4.69, 9.17) is 0 Å². The van der Waals surface area contributed by atoms with Gasteiger partial charge in [-0.1, -0.05) is 30.3 Å². The Balaban J connectivity index is 2.52. The maximum absolute atomic E-state index is 4.08. The molecule has 2 rings (SSSR count). The Labute approximate surface area is 66.1 Å². The van der Waals surface area contributed by atoms with Gasteiger partial charge < -0.3 is 0 Å². The second-order valence-corrected chi connectivity index (χ2v) is 2.42. The quantitative estimate of drug-likeness (QED) is 0.527. The third kappa shape index (κ3) is 1.22. The van der Waals surface area contributed by atoms with E-state index >= 15 is 0 Å². The minimum absolute atomic E-state index is 1.18. The lowest BCUT2D eigenvalue weighted by molar-refractivity contribution is 1.35. The molecule has 1 heteroatoms. The van der Waals surface area contributed by atoms with E-state index in [1.54, 1.807) is 6.21 Å². The summed E-state index contributed by atoms with van der Waals surface area (Å²) in [7, 11) is 0. The van der Waals surface area contributed by atoms with E-state index in [9.17, 15) is 0 Å². The molecule has 0 saturated carbocycles. The zero-order chi connectivity index (χ0) is 7.52. The van der Waals surface area contributed by atoms with Crippen molar-refractivity contribution in [2.75, 3.05) is 0 Å². The molecule has 0 spiro atoms. The van der Waals surface area contributed by atoms with E-state index in [1.165, 1.54) is 11.1 Å². The zero-order valence-electron chi connectivity index (χ0n) is 6.07. The van der Waals surface area contributed by atoms with E-state index in [0.29, 0.717) is 0 Å². The molecule has 0 bridgehead atoms. The van der Waals surface area contributed by atoms with Crippen molar-refractivity contribution in [1.82, 2.24) is 0 Å². The van der Waals surface area contributed by atoms with Gasteiger partial charge in [-0.3, -0.25) is 4.99 Å². The number of hydrogen-bond donors (Lipinski definition) is 0. The van der Waals surface area contributed by atoms with Crippen molar-refractivity contribution in [1.29, 1.82) is 0 Å². The summed E-state index contributed by atoms with van der Waals surface area (Å²) in [6.45, 7) is 1.87. The van der Waals surface area contributed by atoms with Crippen LogP contribution >= 0.6 is 0 Å². The SMILES string of the molecule is [CH]1N=CC=Cc2ccccc21. The zero-order valence-corrected chi connectivity index (χ0v) is 6.07. The number of aliphatic imine (C=N–C) groups is 1. The summed E-state index contributed by atoms with van der Waals surface area (Å²) in [5.41, 5.74) is 2.41. The smallest absolute Gasteiger partial charge is 0.102 e. The number of fused-ring (bicyclic) bond motifs is 1. The average molecular weight is 142 g/mol. The minimum Gasteiger partial charge on any atom is -0.282 e. The first-order valence-corrected chi connectivity index (χ1v) is 3.59. The van der Waals surface area contributed by atoms with Crippen LogP contribution in [0.5, 0.6) is 0 Å². The van der Waals surface area contributed by atoms with Gasteiger partial charge in [-0.25, -0.2) is 0 Å². The normalized spacial score (nSPS) is 14.2. The predicted molar refractivity (Wildman–Crippen MR) is 47.4 cm³/mol. The second-order valence-electron chi connectivity index (χ2n) is 2.42. The van der Waals surface area contributed by atoms with E-state index in [0.717, 1.165) is 0 Å². The highest BCUT2D eigenvalue weighted by molar-refractivity contribution is 5.81. The number of nitrogens with zero attached hydrogens (tertiary/aromatic N) is 1. The van der Waals surface area contributed by atoms with Gasteiger partial charge in [-0.05, 0) is 17.2 Å². The average Bonchev–Trinajstić information content (AvgIpc) is 2.28. The Morgan fingerprint density at radius 2 is 1.82 bits per heavy atom. The van der Waals surface area contributed by atoms with Crippen molar-refractivity contribution in [3.63, 3.8) is 0 Å². The summed E-state index contributed by atoms with van der Waals surface area (Å²) < 4.78 is 0. The van der Waals surface area contributed by atoms with Gasteiger partial charge in [0, 0.05) is 6.21 Å².